The number of nitriles is 2. The molecule has 0 spiro atoms. The number of nitrogens with two attached hydrogens (primary N) is 1. The average molecular weight is 372 g/mol. The number of nitrogens with zero attached hydrogens (tertiary/aromatic N) is 4. The first-order chi connectivity index (χ1) is 12.1. The predicted octanol–water partition coefficient (Wildman–Crippen LogP) is 3.51. The van der Waals surface area contributed by atoms with Crippen LogP contribution in [0.25, 0.3) is 0 Å². The van der Waals surface area contributed by atoms with E-state index in [1.807, 2.05) is 12.1 Å². The lowest BCUT2D eigenvalue weighted by Crippen LogP contribution is -2.32. The van der Waals surface area contributed by atoms with Gasteiger partial charge in [0.1, 0.15) is 16.7 Å². The van der Waals surface area contributed by atoms with E-state index in [2.05, 4.69) is 31.0 Å². The number of amidine groups is 1. The molecule has 3 atom stereocenters. The Hall–Kier alpha value is -1.70. The molecule has 0 saturated heterocycles. The molecule has 25 heavy (non-hydrogen) atoms. The molecule has 7 heteroatoms. The van der Waals surface area contributed by atoms with Gasteiger partial charge in [0.2, 0.25) is 0 Å². The number of thioether (sulfide) groups is 2. The zero-order chi connectivity index (χ0) is 18.1. The summed E-state index contributed by atoms with van der Waals surface area (Å²) in [5.74, 6) is 1.80. The van der Waals surface area contributed by atoms with E-state index in [1.54, 1.807) is 35.9 Å². The lowest BCUT2D eigenvalue weighted by Gasteiger charge is -2.32. The molecule has 0 amide bonds. The molecule has 0 aromatic carbocycles. The topological polar surface area (TPSA) is 98.8 Å². The molecule has 1 aliphatic heterocycles. The van der Waals surface area contributed by atoms with Crippen LogP contribution in [0.2, 0.25) is 0 Å². The predicted molar refractivity (Wildman–Crippen MR) is 103 cm³/mol. The van der Waals surface area contributed by atoms with Crippen LogP contribution in [0, 0.1) is 33.5 Å². The van der Waals surface area contributed by atoms with Crippen LogP contribution in [0.15, 0.2) is 29.5 Å². The van der Waals surface area contributed by atoms with Crippen molar-refractivity contribution < 1.29 is 0 Å². The second-order valence-corrected chi connectivity index (χ2v) is 9.16. The molecule has 3 unspecified atom stereocenters. The van der Waals surface area contributed by atoms with E-state index in [1.165, 1.54) is 0 Å². The summed E-state index contributed by atoms with van der Waals surface area (Å²) in [6.07, 6.45) is 5.37. The van der Waals surface area contributed by atoms with Gasteiger partial charge in [0.25, 0.3) is 0 Å². The highest BCUT2D eigenvalue weighted by atomic mass is 32.2. The van der Waals surface area contributed by atoms with Crippen molar-refractivity contribution in [3.05, 3.63) is 30.1 Å². The Morgan fingerprint density at radius 2 is 1.72 bits per heavy atom. The maximum atomic E-state index is 10.3. The number of pyridine rings is 1. The SMILES string of the molecule is CCCSC1(SCCC)N=C(N)C2(C#N)C(c3ccncc3)C12C#N. The van der Waals surface area contributed by atoms with Gasteiger partial charge in [-0.1, -0.05) is 13.8 Å². The summed E-state index contributed by atoms with van der Waals surface area (Å²) < 4.78 is -0.721. The first kappa shape index (κ1) is 18.1. The molecule has 0 bridgehead atoms. The normalized spacial score (nSPS) is 31.5. The summed E-state index contributed by atoms with van der Waals surface area (Å²) >= 11 is 3.33. The second-order valence-electron chi connectivity index (χ2n) is 6.33. The molecular formula is C18H21N5S2. The van der Waals surface area contributed by atoms with Gasteiger partial charge in [0, 0.05) is 18.3 Å². The van der Waals surface area contributed by atoms with Crippen molar-refractivity contribution in [2.24, 2.45) is 21.6 Å². The van der Waals surface area contributed by atoms with Gasteiger partial charge in [-0.2, -0.15) is 10.5 Å². The van der Waals surface area contributed by atoms with Gasteiger partial charge in [0.15, 0.2) is 4.20 Å². The molecule has 3 rings (SSSR count). The minimum Gasteiger partial charge on any atom is -0.386 e. The van der Waals surface area contributed by atoms with Crippen molar-refractivity contribution in [2.45, 2.75) is 36.8 Å². The first-order valence-corrected chi connectivity index (χ1v) is 10.4. The average Bonchev–Trinajstić information content (AvgIpc) is 3.23. The van der Waals surface area contributed by atoms with E-state index >= 15 is 0 Å². The monoisotopic (exact) mass is 371 g/mol. The third kappa shape index (κ3) is 2.16. The third-order valence-corrected chi connectivity index (χ3v) is 8.51. The molecule has 1 aromatic heterocycles. The Morgan fingerprint density at radius 1 is 1.12 bits per heavy atom. The largest absolute Gasteiger partial charge is 0.386 e. The molecule has 1 aliphatic carbocycles. The van der Waals surface area contributed by atoms with Gasteiger partial charge < -0.3 is 5.73 Å². The zero-order valence-electron chi connectivity index (χ0n) is 14.4. The van der Waals surface area contributed by atoms with Crippen LogP contribution in [-0.2, 0) is 0 Å². The lowest BCUT2D eigenvalue weighted by atomic mass is 9.97. The van der Waals surface area contributed by atoms with E-state index in [0.29, 0.717) is 5.84 Å². The van der Waals surface area contributed by atoms with E-state index in [9.17, 15) is 10.5 Å². The van der Waals surface area contributed by atoms with Crippen molar-refractivity contribution in [1.82, 2.24) is 4.98 Å². The van der Waals surface area contributed by atoms with Crippen LogP contribution in [-0.4, -0.2) is 26.5 Å². The van der Waals surface area contributed by atoms with Crippen molar-refractivity contribution in [2.75, 3.05) is 11.5 Å². The van der Waals surface area contributed by atoms with Gasteiger partial charge >= 0.3 is 0 Å². The Labute approximate surface area is 157 Å². The summed E-state index contributed by atoms with van der Waals surface area (Å²) in [5, 5.41) is 20.3. The number of aromatic nitrogens is 1. The highest BCUT2D eigenvalue weighted by Crippen LogP contribution is 2.85. The molecule has 2 N–H and O–H groups in total. The van der Waals surface area contributed by atoms with E-state index < -0.39 is 15.0 Å². The quantitative estimate of drug-likeness (QED) is 0.736. The Balaban J connectivity index is 2.16. The summed E-state index contributed by atoms with van der Waals surface area (Å²) in [5.41, 5.74) is 5.28. The van der Waals surface area contributed by atoms with Gasteiger partial charge in [-0.3, -0.25) is 4.98 Å². The Bertz CT molecular complexity index is 758. The molecule has 0 radical (unpaired) electrons. The second kappa shape index (κ2) is 6.55. The lowest BCUT2D eigenvalue weighted by molar-refractivity contribution is 0.563. The van der Waals surface area contributed by atoms with E-state index in [-0.39, 0.29) is 5.92 Å². The van der Waals surface area contributed by atoms with E-state index in [4.69, 9.17) is 10.7 Å². The molecule has 2 heterocycles. The van der Waals surface area contributed by atoms with Crippen molar-refractivity contribution in [3.8, 4) is 12.1 Å². The molecule has 1 saturated carbocycles. The number of hydrogen-bond donors (Lipinski definition) is 1. The third-order valence-electron chi connectivity index (χ3n) is 4.97. The smallest absolute Gasteiger partial charge is 0.175 e. The molecule has 5 nitrogen and oxygen atoms in total. The van der Waals surface area contributed by atoms with Crippen LogP contribution in [0.4, 0.5) is 0 Å². The van der Waals surface area contributed by atoms with Crippen LogP contribution < -0.4 is 5.73 Å². The molecule has 1 aromatic rings. The van der Waals surface area contributed by atoms with Crippen molar-refractivity contribution in [1.29, 1.82) is 10.5 Å². The standard InChI is InChI=1S/C18H21N5S2/c1-3-9-24-18(25-10-4-2)17(12-20)14(13-5-7-22-8-6-13)16(17,11-19)15(21)23-18/h5-8,14H,3-4,9-10H2,1-2H3,(H2,21,23). The van der Waals surface area contributed by atoms with Gasteiger partial charge in [-0.15, -0.1) is 23.5 Å². The van der Waals surface area contributed by atoms with Crippen LogP contribution in [0.5, 0.6) is 0 Å². The highest BCUT2D eigenvalue weighted by molar-refractivity contribution is 8.18. The molecule has 1 fully saturated rings. The number of hydrogen-bond acceptors (Lipinski definition) is 7. The summed E-state index contributed by atoms with van der Waals surface area (Å²) in [4.78, 5) is 8.81. The Kier molecular flexibility index (Phi) is 4.74. The van der Waals surface area contributed by atoms with Crippen LogP contribution >= 0.6 is 23.5 Å². The number of rotatable bonds is 7. The van der Waals surface area contributed by atoms with E-state index in [0.717, 1.165) is 29.9 Å². The molecule has 130 valence electrons. The fourth-order valence-electron chi connectivity index (χ4n) is 3.90. The maximum Gasteiger partial charge on any atom is 0.175 e. The fraction of sp³-hybridized carbons (Fsp3) is 0.556. The highest BCUT2D eigenvalue weighted by Gasteiger charge is 2.91. The minimum absolute atomic E-state index is 0.260. The van der Waals surface area contributed by atoms with Gasteiger partial charge in [0.05, 0.1) is 12.1 Å². The number of fused-ring (bicyclic) bond motifs is 1. The molecule has 2 aliphatic rings. The Morgan fingerprint density at radius 3 is 2.20 bits per heavy atom. The minimum atomic E-state index is -1.04. The van der Waals surface area contributed by atoms with Crippen molar-refractivity contribution in [3.63, 3.8) is 0 Å². The number of aliphatic imine (C=N–C) groups is 1. The van der Waals surface area contributed by atoms with Crippen LogP contribution in [0.3, 0.4) is 0 Å². The summed E-state index contributed by atoms with van der Waals surface area (Å²) in [7, 11) is 0. The van der Waals surface area contributed by atoms with Gasteiger partial charge in [-0.25, -0.2) is 4.99 Å². The van der Waals surface area contributed by atoms with Gasteiger partial charge in [-0.05, 0) is 42.0 Å². The molecular weight excluding hydrogens is 350 g/mol. The summed E-state index contributed by atoms with van der Waals surface area (Å²) in [6, 6.07) is 8.67. The van der Waals surface area contributed by atoms with Crippen molar-refractivity contribution >= 4 is 29.4 Å². The fourth-order valence-corrected chi connectivity index (χ4v) is 7.12. The maximum absolute atomic E-state index is 10.3. The van der Waals surface area contributed by atoms with Crippen LogP contribution in [0.1, 0.15) is 38.2 Å². The zero-order valence-corrected chi connectivity index (χ0v) is 16.0. The first-order valence-electron chi connectivity index (χ1n) is 8.46. The summed E-state index contributed by atoms with van der Waals surface area (Å²) in [6.45, 7) is 4.22.